The van der Waals surface area contributed by atoms with E-state index >= 15 is 0 Å². The molecule has 0 aliphatic rings. The molecule has 0 unspecified atom stereocenters. The lowest BCUT2D eigenvalue weighted by atomic mass is 10.1. The van der Waals surface area contributed by atoms with Crippen molar-refractivity contribution in [2.75, 3.05) is 19.1 Å². The number of hydrogen-bond acceptors (Lipinski definition) is 5. The van der Waals surface area contributed by atoms with Crippen LogP contribution in [0.3, 0.4) is 0 Å². The fourth-order valence-electron chi connectivity index (χ4n) is 1.84. The third-order valence-electron chi connectivity index (χ3n) is 2.87. The highest BCUT2D eigenvalue weighted by Gasteiger charge is 2.10. The number of carbonyl (C=O) groups is 1. The normalized spacial score (nSPS) is 10.2. The summed E-state index contributed by atoms with van der Waals surface area (Å²) < 4.78 is 5.84. The number of benzene rings is 1. The standard InChI is InChI=1S/C14H15BrN4O2/c1-19(14-17-7-11(15)13(18-14)21-2)8-9-4-3-5-10(6-9)12(16)20/h3-7H,8H2,1-2H3,(H2,16,20). The third kappa shape index (κ3) is 3.69. The Balaban J connectivity index is 2.19. The minimum Gasteiger partial charge on any atom is -0.480 e. The van der Waals surface area contributed by atoms with Crippen molar-refractivity contribution in [2.45, 2.75) is 6.54 Å². The number of carbonyl (C=O) groups excluding carboxylic acids is 1. The number of hydrogen-bond donors (Lipinski definition) is 1. The van der Waals surface area contributed by atoms with Crippen LogP contribution in [0, 0.1) is 0 Å². The van der Waals surface area contributed by atoms with Crippen LogP contribution in [-0.4, -0.2) is 30.0 Å². The van der Waals surface area contributed by atoms with Gasteiger partial charge in [0.25, 0.3) is 0 Å². The summed E-state index contributed by atoms with van der Waals surface area (Å²) in [6.45, 7) is 0.548. The van der Waals surface area contributed by atoms with Gasteiger partial charge >= 0.3 is 0 Å². The zero-order valence-electron chi connectivity index (χ0n) is 11.7. The first-order chi connectivity index (χ1) is 10.0. The summed E-state index contributed by atoms with van der Waals surface area (Å²) in [5.41, 5.74) is 6.71. The molecular weight excluding hydrogens is 336 g/mol. The Bertz CT molecular complexity index is 663. The van der Waals surface area contributed by atoms with Gasteiger partial charge in [-0.25, -0.2) is 4.98 Å². The molecule has 0 spiro atoms. The molecule has 0 aliphatic heterocycles. The second-order valence-corrected chi connectivity index (χ2v) is 5.30. The SMILES string of the molecule is COc1nc(N(C)Cc2cccc(C(N)=O)c2)ncc1Br. The number of halogens is 1. The predicted octanol–water partition coefficient (Wildman–Crippen LogP) is 1.98. The molecule has 1 amide bonds. The molecule has 0 bridgehead atoms. The van der Waals surface area contributed by atoms with Gasteiger partial charge in [0.05, 0.1) is 17.8 Å². The molecule has 1 heterocycles. The monoisotopic (exact) mass is 350 g/mol. The van der Waals surface area contributed by atoms with Crippen LogP contribution in [0.15, 0.2) is 34.9 Å². The van der Waals surface area contributed by atoms with Crippen LogP contribution in [0.4, 0.5) is 5.95 Å². The second kappa shape index (κ2) is 6.53. The number of methoxy groups -OCH3 is 1. The van der Waals surface area contributed by atoms with Crippen molar-refractivity contribution in [2.24, 2.45) is 5.73 Å². The van der Waals surface area contributed by atoms with Crippen LogP contribution in [-0.2, 0) is 6.54 Å². The minimum absolute atomic E-state index is 0.443. The maximum absolute atomic E-state index is 11.2. The van der Waals surface area contributed by atoms with E-state index < -0.39 is 5.91 Å². The maximum Gasteiger partial charge on any atom is 0.248 e. The summed E-state index contributed by atoms with van der Waals surface area (Å²) in [5.74, 6) is 0.554. The van der Waals surface area contributed by atoms with Crippen molar-refractivity contribution in [1.82, 2.24) is 9.97 Å². The Labute approximate surface area is 131 Å². The van der Waals surface area contributed by atoms with Gasteiger partial charge in [-0.1, -0.05) is 12.1 Å². The van der Waals surface area contributed by atoms with Crippen LogP contribution in [0.5, 0.6) is 5.88 Å². The van der Waals surface area contributed by atoms with Crippen molar-refractivity contribution < 1.29 is 9.53 Å². The molecular formula is C14H15BrN4O2. The molecule has 0 fully saturated rings. The zero-order valence-corrected chi connectivity index (χ0v) is 13.3. The zero-order chi connectivity index (χ0) is 15.4. The van der Waals surface area contributed by atoms with Crippen LogP contribution in [0.25, 0.3) is 0 Å². The van der Waals surface area contributed by atoms with Gasteiger partial charge in [-0.3, -0.25) is 4.79 Å². The van der Waals surface area contributed by atoms with E-state index in [2.05, 4.69) is 25.9 Å². The van der Waals surface area contributed by atoms with E-state index in [4.69, 9.17) is 10.5 Å². The molecule has 0 atom stereocenters. The molecule has 21 heavy (non-hydrogen) atoms. The summed E-state index contributed by atoms with van der Waals surface area (Å²) in [6.07, 6.45) is 1.64. The fourth-order valence-corrected chi connectivity index (χ4v) is 2.19. The van der Waals surface area contributed by atoms with Gasteiger partial charge in [-0.05, 0) is 33.6 Å². The molecule has 0 aliphatic carbocycles. The highest BCUT2D eigenvalue weighted by molar-refractivity contribution is 9.10. The molecule has 0 saturated carbocycles. The van der Waals surface area contributed by atoms with E-state index in [1.165, 1.54) is 0 Å². The predicted molar refractivity (Wildman–Crippen MR) is 83.4 cm³/mol. The lowest BCUT2D eigenvalue weighted by Crippen LogP contribution is -2.20. The molecule has 7 heteroatoms. The van der Waals surface area contributed by atoms with Gasteiger partial charge in [0.15, 0.2) is 0 Å². The number of nitrogens with two attached hydrogens (primary N) is 1. The van der Waals surface area contributed by atoms with Gasteiger partial charge < -0.3 is 15.4 Å². The van der Waals surface area contributed by atoms with Gasteiger partial charge in [0.2, 0.25) is 17.7 Å². The Morgan fingerprint density at radius 2 is 2.24 bits per heavy atom. The fraction of sp³-hybridized carbons (Fsp3) is 0.214. The van der Waals surface area contributed by atoms with Gasteiger partial charge in [0.1, 0.15) is 0 Å². The van der Waals surface area contributed by atoms with Gasteiger partial charge in [0, 0.05) is 19.2 Å². The highest BCUT2D eigenvalue weighted by atomic mass is 79.9. The van der Waals surface area contributed by atoms with E-state index in [9.17, 15) is 4.79 Å². The van der Waals surface area contributed by atoms with Crippen molar-refractivity contribution in [3.63, 3.8) is 0 Å². The minimum atomic E-state index is -0.443. The summed E-state index contributed by atoms with van der Waals surface area (Å²) in [7, 11) is 3.41. The number of rotatable bonds is 5. The number of nitrogens with zero attached hydrogens (tertiary/aromatic N) is 3. The van der Waals surface area contributed by atoms with E-state index in [1.807, 2.05) is 18.0 Å². The maximum atomic E-state index is 11.2. The number of aromatic nitrogens is 2. The summed E-state index contributed by atoms with van der Waals surface area (Å²) in [4.78, 5) is 21.6. The van der Waals surface area contributed by atoms with Gasteiger partial charge in [-0.15, -0.1) is 0 Å². The van der Waals surface area contributed by atoms with Crippen molar-refractivity contribution in [3.05, 3.63) is 46.1 Å². The van der Waals surface area contributed by atoms with Crippen molar-refractivity contribution in [1.29, 1.82) is 0 Å². The number of amides is 1. The largest absolute Gasteiger partial charge is 0.480 e. The van der Waals surface area contributed by atoms with E-state index in [-0.39, 0.29) is 0 Å². The Morgan fingerprint density at radius 3 is 2.90 bits per heavy atom. The number of anilines is 1. The number of ether oxygens (including phenoxy) is 1. The smallest absolute Gasteiger partial charge is 0.248 e. The molecule has 2 aromatic rings. The highest BCUT2D eigenvalue weighted by Crippen LogP contribution is 2.23. The summed E-state index contributed by atoms with van der Waals surface area (Å²) in [5, 5.41) is 0. The second-order valence-electron chi connectivity index (χ2n) is 4.45. The van der Waals surface area contributed by atoms with Crippen molar-refractivity contribution >= 4 is 27.8 Å². The van der Waals surface area contributed by atoms with Crippen LogP contribution in [0.1, 0.15) is 15.9 Å². The first kappa shape index (κ1) is 15.2. The van der Waals surface area contributed by atoms with E-state index in [1.54, 1.807) is 31.5 Å². The average Bonchev–Trinajstić information content (AvgIpc) is 2.47. The molecule has 110 valence electrons. The summed E-state index contributed by atoms with van der Waals surface area (Å²) >= 11 is 3.31. The lowest BCUT2D eigenvalue weighted by Gasteiger charge is -2.18. The Hall–Kier alpha value is -2.15. The third-order valence-corrected chi connectivity index (χ3v) is 3.41. The van der Waals surface area contributed by atoms with E-state index in [0.717, 1.165) is 5.56 Å². The average molecular weight is 351 g/mol. The van der Waals surface area contributed by atoms with Crippen LogP contribution in [0.2, 0.25) is 0 Å². The molecule has 1 aromatic heterocycles. The molecule has 0 saturated heterocycles. The van der Waals surface area contributed by atoms with Gasteiger partial charge in [-0.2, -0.15) is 4.98 Å². The molecule has 6 nitrogen and oxygen atoms in total. The molecule has 2 rings (SSSR count). The first-order valence-electron chi connectivity index (χ1n) is 6.17. The van der Waals surface area contributed by atoms with Crippen LogP contribution >= 0.6 is 15.9 Å². The van der Waals surface area contributed by atoms with Crippen molar-refractivity contribution in [3.8, 4) is 5.88 Å². The van der Waals surface area contributed by atoms with Crippen LogP contribution < -0.4 is 15.4 Å². The molecule has 1 aromatic carbocycles. The molecule has 2 N–H and O–H groups in total. The molecule has 0 radical (unpaired) electrons. The van der Waals surface area contributed by atoms with E-state index in [0.29, 0.717) is 28.4 Å². The topological polar surface area (TPSA) is 81.3 Å². The number of primary amides is 1. The quantitative estimate of drug-likeness (QED) is 0.891. The first-order valence-corrected chi connectivity index (χ1v) is 6.97. The lowest BCUT2D eigenvalue weighted by molar-refractivity contribution is 0.1000. The Kier molecular flexibility index (Phi) is 4.74. The Morgan fingerprint density at radius 1 is 1.48 bits per heavy atom. The summed E-state index contributed by atoms with van der Waals surface area (Å²) in [6, 6.07) is 7.16.